The van der Waals surface area contributed by atoms with E-state index in [1.807, 2.05) is 6.92 Å². The molecule has 28 heavy (non-hydrogen) atoms. The molecule has 172 valence electrons. The molecule has 0 aromatic carbocycles. The number of halogens is 3. The summed E-state index contributed by atoms with van der Waals surface area (Å²) in [5, 5.41) is 0. The normalized spacial score (nSPS) is 13.2. The molecule has 0 amide bonds. The van der Waals surface area contributed by atoms with Gasteiger partial charge in [-0.1, -0.05) is 51.4 Å². The van der Waals surface area contributed by atoms with Crippen LogP contribution in [-0.4, -0.2) is 54.9 Å². The van der Waals surface area contributed by atoms with Crippen LogP contribution in [0.2, 0.25) is 0 Å². The highest BCUT2D eigenvalue weighted by molar-refractivity contribution is 8.32. The maximum Gasteiger partial charge on any atom is 0.389 e. The molecule has 0 N–H and O–H groups in total. The highest BCUT2D eigenvalue weighted by Crippen LogP contribution is 2.43. The van der Waals surface area contributed by atoms with Crippen molar-refractivity contribution in [2.24, 2.45) is 0 Å². The zero-order valence-corrected chi connectivity index (χ0v) is 20.2. The first-order valence-corrected chi connectivity index (χ1v) is 15.1. The monoisotopic (exact) mass is 446 g/mol. The number of hydrogen-bond acceptors (Lipinski definition) is 2. The van der Waals surface area contributed by atoms with Gasteiger partial charge in [0, 0.05) is 13.2 Å². The second-order valence-electron chi connectivity index (χ2n) is 8.24. The van der Waals surface area contributed by atoms with Crippen molar-refractivity contribution in [2.45, 2.75) is 90.1 Å². The van der Waals surface area contributed by atoms with E-state index in [4.69, 9.17) is 4.74 Å². The Labute approximate surface area is 178 Å². The summed E-state index contributed by atoms with van der Waals surface area (Å²) in [7, 11) is -1.06. The molecule has 0 saturated carbocycles. The van der Waals surface area contributed by atoms with Crippen molar-refractivity contribution < 1.29 is 17.9 Å². The van der Waals surface area contributed by atoms with Crippen LogP contribution in [0, 0.1) is 0 Å². The molecule has 1 nitrogen and oxygen atoms in total. The third kappa shape index (κ3) is 22.7. The van der Waals surface area contributed by atoms with Gasteiger partial charge in [0.25, 0.3) is 0 Å². The molecule has 0 fully saturated rings. The second kappa shape index (κ2) is 18.2. The first-order chi connectivity index (χ1) is 13.3. The Morgan fingerprint density at radius 3 is 1.75 bits per heavy atom. The molecule has 0 aliphatic carbocycles. The fourth-order valence-electron chi connectivity index (χ4n) is 3.11. The summed E-state index contributed by atoms with van der Waals surface area (Å²) in [6.45, 7) is 3.77. The molecule has 0 spiro atoms. The maximum atomic E-state index is 12.3. The number of hydrogen-bond donors (Lipinski definition) is 0. The predicted molar refractivity (Wildman–Crippen MR) is 124 cm³/mol. The van der Waals surface area contributed by atoms with Gasteiger partial charge < -0.3 is 4.74 Å². The van der Waals surface area contributed by atoms with Crippen LogP contribution in [0.4, 0.5) is 13.2 Å². The van der Waals surface area contributed by atoms with Crippen LogP contribution in [0.5, 0.6) is 0 Å². The average Bonchev–Trinajstić information content (AvgIpc) is 2.62. The van der Waals surface area contributed by atoms with E-state index in [0.717, 1.165) is 25.4 Å². The number of rotatable bonds is 20. The fourth-order valence-corrected chi connectivity index (χ4v) is 6.02. The summed E-state index contributed by atoms with van der Waals surface area (Å²) in [5.41, 5.74) is 0. The first-order valence-electron chi connectivity index (χ1n) is 11.2. The minimum absolute atomic E-state index is 0.336. The smallest absolute Gasteiger partial charge is 0.382 e. The minimum atomic E-state index is -3.99. The minimum Gasteiger partial charge on any atom is -0.382 e. The molecule has 0 aliphatic rings. The lowest BCUT2D eigenvalue weighted by Crippen LogP contribution is -2.15. The lowest BCUT2D eigenvalue weighted by atomic mass is 10.1. The van der Waals surface area contributed by atoms with E-state index >= 15 is 0 Å². The van der Waals surface area contributed by atoms with Crippen molar-refractivity contribution in [2.75, 3.05) is 48.7 Å². The molecule has 0 aromatic heterocycles. The number of thioether (sulfide) groups is 1. The topological polar surface area (TPSA) is 9.23 Å². The first kappa shape index (κ1) is 28.5. The summed E-state index contributed by atoms with van der Waals surface area (Å²) in [6, 6.07) is 0. The molecule has 0 aliphatic heterocycles. The van der Waals surface area contributed by atoms with E-state index < -0.39 is 22.6 Å². The molecule has 0 radical (unpaired) electrons. The van der Waals surface area contributed by atoms with Gasteiger partial charge in [0.2, 0.25) is 0 Å². The fraction of sp³-hybridized carbons (Fsp3) is 1.00. The maximum absolute atomic E-state index is 12.3. The van der Waals surface area contributed by atoms with Gasteiger partial charge in [-0.05, 0) is 61.7 Å². The Kier molecular flexibility index (Phi) is 18.5. The SMILES string of the molecule is CCOCCCSCCCCCCCCCCCCS(C)(C)CCC(F)(F)F. The average molecular weight is 447 g/mol. The van der Waals surface area contributed by atoms with E-state index in [0.29, 0.717) is 5.75 Å². The van der Waals surface area contributed by atoms with Crippen LogP contribution in [0.25, 0.3) is 0 Å². The van der Waals surface area contributed by atoms with Gasteiger partial charge in [-0.3, -0.25) is 0 Å². The number of unbranched alkanes of at least 4 members (excludes halogenated alkanes) is 9. The van der Waals surface area contributed by atoms with Crippen LogP contribution in [-0.2, 0) is 4.74 Å². The van der Waals surface area contributed by atoms with Crippen LogP contribution < -0.4 is 0 Å². The lowest BCUT2D eigenvalue weighted by Gasteiger charge is -2.31. The molecule has 0 unspecified atom stereocenters. The summed E-state index contributed by atoms with van der Waals surface area (Å²) >= 11 is 2.05. The molecule has 6 heteroatoms. The van der Waals surface area contributed by atoms with Gasteiger partial charge in [0.15, 0.2) is 0 Å². The van der Waals surface area contributed by atoms with Crippen molar-refractivity contribution in [3.63, 3.8) is 0 Å². The molecular weight excluding hydrogens is 401 g/mol. The van der Waals surface area contributed by atoms with E-state index in [-0.39, 0.29) is 0 Å². The molecule has 0 heterocycles. The van der Waals surface area contributed by atoms with Gasteiger partial charge in [0.1, 0.15) is 0 Å². The molecule has 0 atom stereocenters. The standard InChI is InChI=1S/C22H45F3OS2/c1-4-26-17-15-19-27-18-13-11-9-7-5-6-8-10-12-14-20-28(2,3)21-16-22(23,24)25/h4-21H2,1-3H3. The Hall–Kier alpha value is 0.450. The van der Waals surface area contributed by atoms with Gasteiger partial charge in [-0.15, -0.1) is 0 Å². The quantitative estimate of drug-likeness (QED) is 0.175. The van der Waals surface area contributed by atoms with Crippen LogP contribution >= 0.6 is 21.8 Å². The van der Waals surface area contributed by atoms with Crippen LogP contribution in [0.15, 0.2) is 0 Å². The predicted octanol–water partition coefficient (Wildman–Crippen LogP) is 8.06. The molecule has 0 bridgehead atoms. The highest BCUT2D eigenvalue weighted by Gasteiger charge is 2.29. The van der Waals surface area contributed by atoms with E-state index in [1.54, 1.807) is 0 Å². The second-order valence-corrected chi connectivity index (χ2v) is 13.8. The van der Waals surface area contributed by atoms with Crippen molar-refractivity contribution in [3.8, 4) is 0 Å². The highest BCUT2D eigenvalue weighted by atomic mass is 32.3. The number of alkyl halides is 3. The number of ether oxygens (including phenoxy) is 1. The van der Waals surface area contributed by atoms with E-state index in [9.17, 15) is 13.2 Å². The van der Waals surface area contributed by atoms with Gasteiger partial charge >= 0.3 is 6.18 Å². The summed E-state index contributed by atoms with van der Waals surface area (Å²) in [5.74, 6) is 3.84. The zero-order valence-electron chi connectivity index (χ0n) is 18.6. The summed E-state index contributed by atoms with van der Waals surface area (Å²) < 4.78 is 42.4. The van der Waals surface area contributed by atoms with Crippen molar-refractivity contribution in [1.82, 2.24) is 0 Å². The molecule has 0 aromatic rings. The van der Waals surface area contributed by atoms with Crippen LogP contribution in [0.3, 0.4) is 0 Å². The van der Waals surface area contributed by atoms with Gasteiger partial charge in [-0.2, -0.15) is 24.9 Å². The van der Waals surface area contributed by atoms with Gasteiger partial charge in [0.05, 0.1) is 6.42 Å². The van der Waals surface area contributed by atoms with E-state index in [1.165, 1.54) is 75.7 Å². The largest absolute Gasteiger partial charge is 0.389 e. The third-order valence-corrected chi connectivity index (χ3v) is 8.81. The Morgan fingerprint density at radius 1 is 0.714 bits per heavy atom. The zero-order chi connectivity index (χ0) is 21.1. The Bertz CT molecular complexity index is 336. The summed E-state index contributed by atoms with van der Waals surface area (Å²) in [4.78, 5) is 0. The lowest BCUT2D eigenvalue weighted by molar-refractivity contribution is -0.129. The van der Waals surface area contributed by atoms with Gasteiger partial charge in [-0.25, -0.2) is 10.0 Å². The summed E-state index contributed by atoms with van der Waals surface area (Å²) in [6.07, 6.45) is 13.5. The third-order valence-electron chi connectivity index (χ3n) is 4.96. The molecular formula is C22H45F3OS2. The van der Waals surface area contributed by atoms with E-state index in [2.05, 4.69) is 24.3 Å². The molecule has 0 saturated heterocycles. The van der Waals surface area contributed by atoms with Crippen LogP contribution in [0.1, 0.15) is 84.0 Å². The molecule has 0 rings (SSSR count). The Morgan fingerprint density at radius 2 is 1.21 bits per heavy atom. The van der Waals surface area contributed by atoms with Crippen molar-refractivity contribution in [3.05, 3.63) is 0 Å². The Balaban J connectivity index is 3.25. The van der Waals surface area contributed by atoms with Crippen molar-refractivity contribution >= 4 is 21.8 Å². The van der Waals surface area contributed by atoms with Crippen molar-refractivity contribution in [1.29, 1.82) is 0 Å².